The van der Waals surface area contributed by atoms with Crippen LogP contribution in [0.2, 0.25) is 0 Å². The van der Waals surface area contributed by atoms with Crippen molar-refractivity contribution in [1.82, 2.24) is 9.03 Å². The number of hydrogen-bond acceptors (Lipinski definition) is 3. The zero-order valence-corrected chi connectivity index (χ0v) is 8.12. The lowest BCUT2D eigenvalue weighted by Gasteiger charge is -2.11. The van der Waals surface area contributed by atoms with Gasteiger partial charge in [0.1, 0.15) is 0 Å². The molecule has 0 aromatic carbocycles. The SMILES string of the molecule is NC(=S)CCN1CCNS1(=O)=O. The Kier molecular flexibility index (Phi) is 2.99. The molecule has 0 radical (unpaired) electrons. The van der Waals surface area contributed by atoms with Crippen molar-refractivity contribution >= 4 is 27.4 Å². The quantitative estimate of drug-likeness (QED) is 0.573. The van der Waals surface area contributed by atoms with Gasteiger partial charge in [0.25, 0.3) is 10.2 Å². The highest BCUT2D eigenvalue weighted by atomic mass is 32.2. The van der Waals surface area contributed by atoms with E-state index >= 15 is 0 Å². The third-order valence-corrected chi connectivity index (χ3v) is 3.41. The normalized spacial score (nSPS) is 22.7. The molecule has 1 fully saturated rings. The Morgan fingerprint density at radius 1 is 1.67 bits per heavy atom. The third-order valence-electron chi connectivity index (χ3n) is 1.59. The zero-order chi connectivity index (χ0) is 9.19. The molecule has 0 unspecified atom stereocenters. The molecule has 1 rings (SSSR count). The number of rotatable bonds is 3. The number of nitrogens with zero attached hydrogens (tertiary/aromatic N) is 1. The van der Waals surface area contributed by atoms with Crippen LogP contribution < -0.4 is 10.5 Å². The van der Waals surface area contributed by atoms with Gasteiger partial charge in [-0.25, -0.2) is 4.72 Å². The van der Waals surface area contributed by atoms with Gasteiger partial charge in [-0.2, -0.15) is 12.7 Å². The molecule has 1 heterocycles. The average molecular weight is 209 g/mol. The topological polar surface area (TPSA) is 75.4 Å². The van der Waals surface area contributed by atoms with Crippen LogP contribution in [0.1, 0.15) is 6.42 Å². The molecule has 1 aliphatic rings. The minimum Gasteiger partial charge on any atom is -0.393 e. The molecule has 0 saturated carbocycles. The maximum Gasteiger partial charge on any atom is 0.279 e. The lowest BCUT2D eigenvalue weighted by atomic mass is 10.4. The first-order chi connectivity index (χ1) is 5.52. The average Bonchev–Trinajstić information content (AvgIpc) is 2.25. The molecule has 1 saturated heterocycles. The maximum atomic E-state index is 11.1. The summed E-state index contributed by atoms with van der Waals surface area (Å²) in [5.41, 5.74) is 5.25. The summed E-state index contributed by atoms with van der Waals surface area (Å²) in [7, 11) is -3.21. The first kappa shape index (κ1) is 9.85. The van der Waals surface area contributed by atoms with Crippen LogP contribution in [0.25, 0.3) is 0 Å². The minimum atomic E-state index is -3.21. The standard InChI is InChI=1S/C5H11N3O2S2/c6-5(11)1-3-8-4-2-7-12(8,9)10/h7H,1-4H2,(H2,6,11). The second-order valence-electron chi connectivity index (χ2n) is 2.51. The minimum absolute atomic E-state index is 0.345. The van der Waals surface area contributed by atoms with Gasteiger partial charge in [0.05, 0.1) is 4.99 Å². The Labute approximate surface area is 77.1 Å². The van der Waals surface area contributed by atoms with Crippen LogP contribution in [0.3, 0.4) is 0 Å². The fourth-order valence-electron chi connectivity index (χ4n) is 0.978. The summed E-state index contributed by atoms with van der Waals surface area (Å²) in [6.07, 6.45) is 0.441. The van der Waals surface area contributed by atoms with E-state index in [2.05, 4.69) is 16.9 Å². The van der Waals surface area contributed by atoms with Gasteiger partial charge >= 0.3 is 0 Å². The van der Waals surface area contributed by atoms with E-state index in [1.165, 1.54) is 4.31 Å². The van der Waals surface area contributed by atoms with Crippen molar-refractivity contribution in [2.45, 2.75) is 6.42 Å². The molecular weight excluding hydrogens is 198 g/mol. The molecule has 5 nitrogen and oxygen atoms in total. The van der Waals surface area contributed by atoms with Gasteiger partial charge in [-0.3, -0.25) is 0 Å². The Balaban J connectivity index is 2.48. The van der Waals surface area contributed by atoms with E-state index < -0.39 is 10.2 Å². The lowest BCUT2D eigenvalue weighted by molar-refractivity contribution is 0.460. The Morgan fingerprint density at radius 2 is 2.33 bits per heavy atom. The highest BCUT2D eigenvalue weighted by Gasteiger charge is 2.26. The van der Waals surface area contributed by atoms with Crippen molar-refractivity contribution < 1.29 is 8.42 Å². The van der Waals surface area contributed by atoms with Crippen molar-refractivity contribution in [3.63, 3.8) is 0 Å². The third kappa shape index (κ3) is 2.37. The number of thiocarbonyl (C=S) groups is 1. The van der Waals surface area contributed by atoms with Gasteiger partial charge in [0.2, 0.25) is 0 Å². The van der Waals surface area contributed by atoms with E-state index in [9.17, 15) is 8.42 Å². The fraction of sp³-hybridized carbons (Fsp3) is 0.800. The fourth-order valence-corrected chi connectivity index (χ4v) is 2.26. The largest absolute Gasteiger partial charge is 0.393 e. The van der Waals surface area contributed by atoms with Crippen LogP contribution >= 0.6 is 12.2 Å². The Bertz CT molecular complexity index is 274. The van der Waals surface area contributed by atoms with Crippen molar-refractivity contribution in [3.8, 4) is 0 Å². The molecule has 70 valence electrons. The number of nitrogens with one attached hydrogen (secondary N) is 1. The Morgan fingerprint density at radius 3 is 2.75 bits per heavy atom. The lowest BCUT2D eigenvalue weighted by Crippen LogP contribution is -2.32. The molecular formula is C5H11N3O2S2. The molecule has 7 heteroatoms. The molecule has 0 amide bonds. The van der Waals surface area contributed by atoms with Crippen LogP contribution in [0, 0.1) is 0 Å². The maximum absolute atomic E-state index is 11.1. The van der Waals surface area contributed by atoms with E-state index in [1.807, 2.05) is 0 Å². The van der Waals surface area contributed by atoms with Crippen LogP contribution in [0.15, 0.2) is 0 Å². The van der Waals surface area contributed by atoms with Gasteiger partial charge < -0.3 is 5.73 Å². The van der Waals surface area contributed by atoms with Crippen molar-refractivity contribution in [2.75, 3.05) is 19.6 Å². The van der Waals surface area contributed by atoms with Gasteiger partial charge in [-0.15, -0.1) is 0 Å². The van der Waals surface area contributed by atoms with Gasteiger partial charge in [0, 0.05) is 26.1 Å². The summed E-state index contributed by atoms with van der Waals surface area (Å²) in [4.78, 5) is 0.345. The predicted molar refractivity (Wildman–Crippen MR) is 49.9 cm³/mol. The smallest absolute Gasteiger partial charge is 0.279 e. The van der Waals surface area contributed by atoms with Gasteiger partial charge in [-0.05, 0) is 0 Å². The summed E-state index contributed by atoms with van der Waals surface area (Å²) in [6.45, 7) is 1.36. The highest BCUT2D eigenvalue weighted by molar-refractivity contribution is 7.87. The Hall–Kier alpha value is -0.240. The summed E-state index contributed by atoms with van der Waals surface area (Å²) in [5, 5.41) is 0. The van der Waals surface area contributed by atoms with E-state index in [1.54, 1.807) is 0 Å². The summed E-state index contributed by atoms with van der Waals surface area (Å²) in [6, 6.07) is 0. The zero-order valence-electron chi connectivity index (χ0n) is 6.49. The van der Waals surface area contributed by atoms with Crippen LogP contribution in [0.4, 0.5) is 0 Å². The monoisotopic (exact) mass is 209 g/mol. The van der Waals surface area contributed by atoms with E-state index in [4.69, 9.17) is 5.73 Å². The molecule has 1 aliphatic heterocycles. The van der Waals surface area contributed by atoms with E-state index in [0.717, 1.165) is 0 Å². The first-order valence-corrected chi connectivity index (χ1v) is 5.40. The predicted octanol–water partition coefficient (Wildman–Crippen LogP) is -1.19. The van der Waals surface area contributed by atoms with E-state index in [-0.39, 0.29) is 0 Å². The molecule has 0 spiro atoms. The van der Waals surface area contributed by atoms with Crippen LogP contribution in [-0.4, -0.2) is 37.3 Å². The van der Waals surface area contributed by atoms with Gasteiger partial charge in [-0.1, -0.05) is 12.2 Å². The van der Waals surface area contributed by atoms with Crippen LogP contribution in [0.5, 0.6) is 0 Å². The molecule has 12 heavy (non-hydrogen) atoms. The first-order valence-electron chi connectivity index (χ1n) is 3.55. The molecule has 0 aliphatic carbocycles. The summed E-state index contributed by atoms with van der Waals surface area (Å²) < 4.78 is 25.9. The number of hydrogen-bond donors (Lipinski definition) is 2. The molecule has 0 atom stereocenters. The molecule has 0 aromatic heterocycles. The molecule has 0 aromatic rings. The van der Waals surface area contributed by atoms with Crippen molar-refractivity contribution in [3.05, 3.63) is 0 Å². The second kappa shape index (κ2) is 3.65. The number of nitrogens with two attached hydrogens (primary N) is 1. The molecule has 0 bridgehead atoms. The second-order valence-corrected chi connectivity index (χ2v) is 4.79. The van der Waals surface area contributed by atoms with Crippen molar-refractivity contribution in [2.24, 2.45) is 5.73 Å². The molecule has 3 N–H and O–H groups in total. The summed E-state index contributed by atoms with van der Waals surface area (Å²) in [5.74, 6) is 0. The van der Waals surface area contributed by atoms with E-state index in [0.29, 0.717) is 31.0 Å². The van der Waals surface area contributed by atoms with Crippen molar-refractivity contribution in [1.29, 1.82) is 0 Å². The van der Waals surface area contributed by atoms with Crippen LogP contribution in [-0.2, 0) is 10.2 Å². The highest BCUT2D eigenvalue weighted by Crippen LogP contribution is 2.04. The summed E-state index contributed by atoms with van der Waals surface area (Å²) >= 11 is 4.64. The van der Waals surface area contributed by atoms with Gasteiger partial charge in [0.15, 0.2) is 0 Å².